The van der Waals surface area contributed by atoms with E-state index < -0.39 is 5.82 Å². The van der Waals surface area contributed by atoms with Crippen LogP contribution in [0.15, 0.2) is 60.7 Å². The molecule has 3 aromatic carbocycles. The molecule has 2 aliphatic heterocycles. The summed E-state index contributed by atoms with van der Waals surface area (Å²) in [5.41, 5.74) is 4.20. The molecule has 6 nitrogen and oxygen atoms in total. The average molecular weight is 502 g/mol. The normalized spacial score (nSPS) is 16.8. The largest absolute Gasteiger partial charge is 0.490 e. The second-order valence-corrected chi connectivity index (χ2v) is 9.89. The van der Waals surface area contributed by atoms with Crippen LogP contribution in [0.25, 0.3) is 0 Å². The van der Waals surface area contributed by atoms with Crippen molar-refractivity contribution in [2.24, 2.45) is 0 Å². The van der Waals surface area contributed by atoms with Crippen molar-refractivity contribution in [2.75, 3.05) is 30.3 Å². The fourth-order valence-corrected chi connectivity index (χ4v) is 5.03. The molecule has 5 rings (SSSR count). The molecule has 37 heavy (non-hydrogen) atoms. The number of fused-ring (bicyclic) bond motifs is 1. The number of halogens is 1. The van der Waals surface area contributed by atoms with Gasteiger partial charge in [0.25, 0.3) is 11.8 Å². The van der Waals surface area contributed by atoms with E-state index in [1.54, 1.807) is 18.2 Å². The van der Waals surface area contributed by atoms with Gasteiger partial charge in [-0.15, -0.1) is 0 Å². The number of aryl methyl sites for hydroxylation is 1. The molecule has 1 saturated heterocycles. The Kier molecular flexibility index (Phi) is 7.51. The van der Waals surface area contributed by atoms with Gasteiger partial charge in [-0.2, -0.15) is 0 Å². The molecule has 7 heteroatoms. The van der Waals surface area contributed by atoms with Crippen LogP contribution in [0.5, 0.6) is 5.75 Å². The second kappa shape index (κ2) is 11.1. The fourth-order valence-electron chi connectivity index (χ4n) is 5.03. The molecule has 0 bridgehead atoms. The monoisotopic (exact) mass is 501 g/mol. The molecule has 0 aromatic heterocycles. The van der Waals surface area contributed by atoms with Gasteiger partial charge in [-0.1, -0.05) is 12.1 Å². The number of anilines is 2. The number of hydrogen-bond acceptors (Lipinski definition) is 4. The van der Waals surface area contributed by atoms with Gasteiger partial charge in [0.1, 0.15) is 17.7 Å². The quantitative estimate of drug-likeness (QED) is 0.417. The van der Waals surface area contributed by atoms with Gasteiger partial charge in [0.2, 0.25) is 0 Å². The lowest BCUT2D eigenvalue weighted by atomic mass is 10.0. The first-order valence-corrected chi connectivity index (χ1v) is 13.0. The van der Waals surface area contributed by atoms with E-state index in [-0.39, 0.29) is 17.9 Å². The van der Waals surface area contributed by atoms with Crippen molar-refractivity contribution < 1.29 is 18.7 Å². The maximum atomic E-state index is 13.3. The predicted molar refractivity (Wildman–Crippen MR) is 143 cm³/mol. The van der Waals surface area contributed by atoms with E-state index in [4.69, 9.17) is 4.74 Å². The molecule has 3 aromatic rings. The number of benzene rings is 3. The summed E-state index contributed by atoms with van der Waals surface area (Å²) in [7, 11) is 0. The zero-order chi connectivity index (χ0) is 25.8. The van der Waals surface area contributed by atoms with Gasteiger partial charge >= 0.3 is 0 Å². The summed E-state index contributed by atoms with van der Waals surface area (Å²) in [5.74, 6) is -0.214. The molecule has 0 saturated carbocycles. The Morgan fingerprint density at radius 2 is 1.68 bits per heavy atom. The summed E-state index contributed by atoms with van der Waals surface area (Å²) in [6.07, 6.45) is 5.22. The van der Waals surface area contributed by atoms with Crippen molar-refractivity contribution in [3.8, 4) is 5.75 Å². The van der Waals surface area contributed by atoms with Crippen LogP contribution in [0, 0.1) is 5.82 Å². The molecule has 0 spiro atoms. The number of ether oxygens (including phenoxy) is 1. The van der Waals surface area contributed by atoms with Crippen LogP contribution in [0.2, 0.25) is 0 Å². The van der Waals surface area contributed by atoms with Gasteiger partial charge in [-0.25, -0.2) is 4.39 Å². The highest BCUT2D eigenvalue weighted by atomic mass is 19.1. The average Bonchev–Trinajstić information content (AvgIpc) is 3.53. The lowest BCUT2D eigenvalue weighted by molar-refractivity contribution is 0.101. The molecule has 2 amide bonds. The third kappa shape index (κ3) is 6.17. The van der Waals surface area contributed by atoms with Crippen LogP contribution in [-0.4, -0.2) is 42.5 Å². The van der Waals surface area contributed by atoms with Crippen molar-refractivity contribution in [1.29, 1.82) is 0 Å². The van der Waals surface area contributed by atoms with Crippen LogP contribution in [-0.2, 0) is 12.8 Å². The number of carbonyl (C=O) groups is 2. The Morgan fingerprint density at radius 1 is 0.946 bits per heavy atom. The minimum absolute atomic E-state index is 0.110. The fraction of sp³-hybridized carbons (Fsp3) is 0.333. The zero-order valence-electron chi connectivity index (χ0n) is 21.1. The summed E-state index contributed by atoms with van der Waals surface area (Å²) in [4.78, 5) is 28.4. The molecule has 192 valence electrons. The Morgan fingerprint density at radius 3 is 2.46 bits per heavy atom. The van der Waals surface area contributed by atoms with E-state index in [0.29, 0.717) is 22.5 Å². The molecule has 2 heterocycles. The summed E-state index contributed by atoms with van der Waals surface area (Å²) >= 11 is 0. The summed E-state index contributed by atoms with van der Waals surface area (Å²) in [6.45, 7) is 5.31. The highest BCUT2D eigenvalue weighted by Crippen LogP contribution is 2.30. The molecule has 2 N–H and O–H groups in total. The van der Waals surface area contributed by atoms with Crippen LogP contribution in [0.1, 0.15) is 58.0 Å². The number of likely N-dealkylation sites (tertiary alicyclic amines) is 1. The smallest absolute Gasteiger partial charge is 0.255 e. The van der Waals surface area contributed by atoms with Crippen LogP contribution in [0.4, 0.5) is 15.8 Å². The minimum Gasteiger partial charge on any atom is -0.490 e. The Balaban J connectivity index is 1.32. The Labute approximate surface area is 216 Å². The SMILES string of the molecule is CC1Cc2ccc(C(=O)Nc3ccc(CCCN4CCCC4)c(NC(=O)c4ccc(F)cc4)c3)cc2O1. The lowest BCUT2D eigenvalue weighted by Gasteiger charge is -2.17. The van der Waals surface area contributed by atoms with E-state index in [1.807, 2.05) is 25.1 Å². The molecular formula is C30H32FN3O3. The molecule has 1 fully saturated rings. The number of amides is 2. The number of carbonyl (C=O) groups excluding carboxylic acids is 2. The lowest BCUT2D eigenvalue weighted by Crippen LogP contribution is -2.21. The molecule has 0 radical (unpaired) electrons. The van der Waals surface area contributed by atoms with E-state index in [2.05, 4.69) is 15.5 Å². The van der Waals surface area contributed by atoms with Crippen LogP contribution < -0.4 is 15.4 Å². The van der Waals surface area contributed by atoms with Crippen molar-refractivity contribution in [2.45, 2.75) is 45.1 Å². The third-order valence-electron chi connectivity index (χ3n) is 7.01. The summed E-state index contributed by atoms with van der Waals surface area (Å²) in [5, 5.41) is 5.92. The summed E-state index contributed by atoms with van der Waals surface area (Å²) < 4.78 is 19.1. The van der Waals surface area contributed by atoms with Crippen molar-refractivity contribution in [3.63, 3.8) is 0 Å². The number of hydrogen-bond donors (Lipinski definition) is 2. The highest BCUT2D eigenvalue weighted by Gasteiger charge is 2.21. The minimum atomic E-state index is -0.393. The first-order chi connectivity index (χ1) is 17.9. The van der Waals surface area contributed by atoms with E-state index in [9.17, 15) is 14.0 Å². The van der Waals surface area contributed by atoms with Crippen molar-refractivity contribution in [1.82, 2.24) is 4.90 Å². The molecule has 0 aliphatic carbocycles. The number of nitrogens with zero attached hydrogens (tertiary/aromatic N) is 1. The van der Waals surface area contributed by atoms with Crippen molar-refractivity contribution >= 4 is 23.2 Å². The van der Waals surface area contributed by atoms with E-state index in [1.165, 1.54) is 37.1 Å². The molecule has 1 unspecified atom stereocenters. The van der Waals surface area contributed by atoms with Gasteiger partial charge in [-0.05, 0) is 112 Å². The van der Waals surface area contributed by atoms with Gasteiger partial charge in [0, 0.05) is 28.9 Å². The van der Waals surface area contributed by atoms with Gasteiger partial charge in [-0.3, -0.25) is 9.59 Å². The Hall–Kier alpha value is -3.71. The molecule has 1 atom stereocenters. The maximum absolute atomic E-state index is 13.3. The van der Waals surface area contributed by atoms with Crippen LogP contribution >= 0.6 is 0 Å². The first kappa shape index (κ1) is 25.0. The Bertz CT molecular complexity index is 1290. The maximum Gasteiger partial charge on any atom is 0.255 e. The molecule has 2 aliphatic rings. The molecular weight excluding hydrogens is 469 g/mol. The van der Waals surface area contributed by atoms with E-state index in [0.717, 1.165) is 55.8 Å². The standard InChI is InChI=1S/C30H32FN3O3/c1-20-17-23-6-7-24(18-28(23)37-20)30(36)32-26-13-10-21(5-4-16-34-14-2-3-15-34)27(19-26)33-29(35)22-8-11-25(31)12-9-22/h6-13,18-20H,2-5,14-17H2,1H3,(H,32,36)(H,33,35). The van der Waals surface area contributed by atoms with Gasteiger partial charge in [0.05, 0.1) is 0 Å². The first-order valence-electron chi connectivity index (χ1n) is 13.0. The highest BCUT2D eigenvalue weighted by molar-refractivity contribution is 6.07. The third-order valence-corrected chi connectivity index (χ3v) is 7.01. The van der Waals surface area contributed by atoms with Crippen LogP contribution in [0.3, 0.4) is 0 Å². The summed E-state index contributed by atoms with van der Waals surface area (Å²) in [6, 6.07) is 16.6. The van der Waals surface area contributed by atoms with Gasteiger partial charge < -0.3 is 20.3 Å². The second-order valence-electron chi connectivity index (χ2n) is 9.89. The number of nitrogens with one attached hydrogen (secondary N) is 2. The number of rotatable bonds is 8. The van der Waals surface area contributed by atoms with Gasteiger partial charge in [0.15, 0.2) is 0 Å². The van der Waals surface area contributed by atoms with E-state index >= 15 is 0 Å². The van der Waals surface area contributed by atoms with Crippen molar-refractivity contribution in [3.05, 3.63) is 88.7 Å². The predicted octanol–water partition coefficient (Wildman–Crippen LogP) is 5.68. The zero-order valence-corrected chi connectivity index (χ0v) is 21.1. The topological polar surface area (TPSA) is 70.7 Å².